The van der Waals surface area contributed by atoms with Gasteiger partial charge in [-0.1, -0.05) is 0 Å². The van der Waals surface area contributed by atoms with Gasteiger partial charge in [0, 0.05) is 0 Å². The first-order chi connectivity index (χ1) is 8.65. The summed E-state index contributed by atoms with van der Waals surface area (Å²) in [5.74, 6) is 0.818. The van der Waals surface area contributed by atoms with Crippen LogP contribution in [0.4, 0.5) is 0 Å². The van der Waals surface area contributed by atoms with Crippen molar-refractivity contribution in [1.82, 2.24) is 9.97 Å². The molecule has 0 amide bonds. The van der Waals surface area contributed by atoms with E-state index in [-0.39, 0.29) is 10.3 Å². The summed E-state index contributed by atoms with van der Waals surface area (Å²) in [5.41, 5.74) is 0.704. The maximum atomic E-state index is 9.38. The summed E-state index contributed by atoms with van der Waals surface area (Å²) in [5, 5.41) is 18.2. The van der Waals surface area contributed by atoms with E-state index in [0.717, 1.165) is 5.82 Å². The maximum absolute atomic E-state index is 9.38. The van der Waals surface area contributed by atoms with Gasteiger partial charge in [0.1, 0.15) is 17.6 Å². The fraction of sp³-hybridized carbons (Fsp3) is 0.364. The van der Waals surface area contributed by atoms with Gasteiger partial charge >= 0.3 is 6.19 Å². The molecule has 0 spiro atoms. The Balaban J connectivity index is 2.52. The molecule has 0 aromatic carbocycles. The van der Waals surface area contributed by atoms with E-state index in [1.807, 2.05) is 19.9 Å². The number of aryl methyl sites for hydroxylation is 1. The molecule has 1 N–H and O–H groups in total. The third-order valence-corrected chi connectivity index (χ3v) is 2.88. The zero-order valence-electron chi connectivity index (χ0n) is 10.1. The zero-order chi connectivity index (χ0) is 13.2. The first kappa shape index (κ1) is 12.0. The lowest BCUT2D eigenvalue weighted by Gasteiger charge is -2.30. The summed E-state index contributed by atoms with van der Waals surface area (Å²) in [6, 6.07) is 1.89. The predicted molar refractivity (Wildman–Crippen MR) is 64.0 cm³/mol. The quantitative estimate of drug-likeness (QED) is 0.618. The van der Waals surface area contributed by atoms with E-state index in [9.17, 15) is 5.26 Å². The molecule has 7 heteroatoms. The number of aromatic amines is 1. The van der Waals surface area contributed by atoms with Gasteiger partial charge in [0.05, 0.1) is 12.7 Å². The molecule has 2 unspecified atom stereocenters. The van der Waals surface area contributed by atoms with Crippen LogP contribution in [-0.4, -0.2) is 33.2 Å². The summed E-state index contributed by atoms with van der Waals surface area (Å²) < 4.78 is -0.0905. The van der Waals surface area contributed by atoms with Crippen LogP contribution in [0.15, 0.2) is 16.2 Å². The van der Waals surface area contributed by atoms with E-state index in [1.54, 1.807) is 6.20 Å². The van der Waals surface area contributed by atoms with Crippen molar-refractivity contribution in [2.45, 2.75) is 20.0 Å². The van der Waals surface area contributed by atoms with Crippen LogP contribution in [0.2, 0.25) is 0 Å². The molecule has 7 nitrogen and oxygen atoms in total. The first-order valence-corrected chi connectivity index (χ1v) is 5.48. The number of hydrogen-bond donors (Lipinski definition) is 1. The SMILES string of the molecule is CC[N+]1(C#N)C=NC(C#N)=NC1c1cnc(C)[nH]1. The van der Waals surface area contributed by atoms with Gasteiger partial charge in [0.2, 0.25) is 18.3 Å². The number of nitriles is 2. The summed E-state index contributed by atoms with van der Waals surface area (Å²) in [6.45, 7) is 4.20. The Morgan fingerprint density at radius 3 is 2.78 bits per heavy atom. The molecule has 18 heavy (non-hydrogen) atoms. The maximum Gasteiger partial charge on any atom is 0.317 e. The molecule has 2 heterocycles. The lowest BCUT2D eigenvalue weighted by molar-refractivity contribution is -0.800. The number of imidazole rings is 1. The molecule has 0 saturated heterocycles. The molecule has 0 bridgehead atoms. The van der Waals surface area contributed by atoms with Crippen molar-refractivity contribution in [2.75, 3.05) is 6.54 Å². The Morgan fingerprint density at radius 1 is 1.50 bits per heavy atom. The van der Waals surface area contributed by atoms with Crippen molar-refractivity contribution in [3.05, 3.63) is 17.7 Å². The summed E-state index contributed by atoms with van der Waals surface area (Å²) in [4.78, 5) is 15.3. The molecule has 2 atom stereocenters. The normalized spacial score (nSPS) is 26.2. The number of quaternary nitrogens is 1. The minimum Gasteiger partial charge on any atom is -0.339 e. The zero-order valence-corrected chi connectivity index (χ0v) is 10.1. The molecule has 1 aromatic rings. The minimum atomic E-state index is -0.520. The number of nitrogens with zero attached hydrogens (tertiary/aromatic N) is 6. The Labute approximate surface area is 104 Å². The average Bonchev–Trinajstić information content (AvgIpc) is 2.84. The molecule has 0 saturated carbocycles. The smallest absolute Gasteiger partial charge is 0.317 e. The van der Waals surface area contributed by atoms with Crippen molar-refractivity contribution < 1.29 is 4.48 Å². The third-order valence-electron chi connectivity index (χ3n) is 2.88. The van der Waals surface area contributed by atoms with Gasteiger partial charge in [-0.2, -0.15) is 19.7 Å². The number of aromatic nitrogens is 2. The van der Waals surface area contributed by atoms with E-state index >= 15 is 0 Å². The molecule has 0 fully saturated rings. The van der Waals surface area contributed by atoms with E-state index in [2.05, 4.69) is 26.1 Å². The highest BCUT2D eigenvalue weighted by Crippen LogP contribution is 2.29. The summed E-state index contributed by atoms with van der Waals surface area (Å²) >= 11 is 0. The Bertz CT molecular complexity index is 598. The molecule has 0 radical (unpaired) electrons. The number of rotatable bonds is 2. The van der Waals surface area contributed by atoms with E-state index < -0.39 is 6.17 Å². The van der Waals surface area contributed by atoms with Crippen LogP contribution in [0, 0.1) is 29.7 Å². The van der Waals surface area contributed by atoms with Crippen molar-refractivity contribution in [3.8, 4) is 12.3 Å². The number of hydrogen-bond acceptors (Lipinski definition) is 5. The Hall–Kier alpha value is -2.51. The molecule has 1 aromatic heterocycles. The largest absolute Gasteiger partial charge is 0.339 e. The Morgan fingerprint density at radius 2 is 2.28 bits per heavy atom. The number of H-pyrrole nitrogens is 1. The van der Waals surface area contributed by atoms with Gasteiger partial charge in [-0.05, 0) is 13.8 Å². The molecule has 0 aliphatic carbocycles. The van der Waals surface area contributed by atoms with Crippen molar-refractivity contribution in [1.29, 1.82) is 10.5 Å². The van der Waals surface area contributed by atoms with Crippen LogP contribution in [0.5, 0.6) is 0 Å². The van der Waals surface area contributed by atoms with Crippen LogP contribution in [-0.2, 0) is 0 Å². The molecular weight excluding hydrogens is 230 g/mol. The van der Waals surface area contributed by atoms with Crippen LogP contribution in [0.25, 0.3) is 0 Å². The van der Waals surface area contributed by atoms with E-state index in [4.69, 9.17) is 5.26 Å². The number of aliphatic imine (C=N–C) groups is 2. The second-order valence-electron chi connectivity index (χ2n) is 3.95. The first-order valence-electron chi connectivity index (χ1n) is 5.48. The highest BCUT2D eigenvalue weighted by molar-refractivity contribution is 6.01. The van der Waals surface area contributed by atoms with Crippen molar-refractivity contribution in [2.24, 2.45) is 9.98 Å². The van der Waals surface area contributed by atoms with E-state index in [0.29, 0.717) is 12.2 Å². The molecule has 90 valence electrons. The van der Waals surface area contributed by atoms with Gasteiger partial charge in [0.15, 0.2) is 0 Å². The lowest BCUT2D eigenvalue weighted by atomic mass is 10.2. The molecule has 1 aliphatic heterocycles. The van der Waals surface area contributed by atoms with Crippen molar-refractivity contribution in [3.63, 3.8) is 0 Å². The predicted octanol–water partition coefficient (Wildman–Crippen LogP) is 0.998. The van der Waals surface area contributed by atoms with Gasteiger partial charge in [-0.15, -0.1) is 5.26 Å². The second-order valence-corrected chi connectivity index (χ2v) is 3.95. The van der Waals surface area contributed by atoms with Gasteiger partial charge in [0.25, 0.3) is 0 Å². The monoisotopic (exact) mass is 242 g/mol. The highest BCUT2D eigenvalue weighted by Gasteiger charge is 2.41. The highest BCUT2D eigenvalue weighted by atomic mass is 15.5. The summed E-state index contributed by atoms with van der Waals surface area (Å²) in [7, 11) is 0. The molecule has 2 rings (SSSR count). The van der Waals surface area contributed by atoms with Crippen LogP contribution in [0.3, 0.4) is 0 Å². The number of nitrogens with one attached hydrogen (secondary N) is 1. The van der Waals surface area contributed by atoms with Gasteiger partial charge < -0.3 is 4.98 Å². The number of amidine groups is 1. The van der Waals surface area contributed by atoms with E-state index in [1.165, 1.54) is 6.34 Å². The topological polar surface area (TPSA) is 101 Å². The summed E-state index contributed by atoms with van der Waals surface area (Å²) in [6.07, 6.45) is 4.77. The molecule has 1 aliphatic rings. The standard InChI is InChI=1S/C11H12N7/c1-3-18(6-13)7-15-10(4-12)17-11(18)9-5-14-8(2)16-9/h5,7,11H,3H2,1-2H3,(H,14,16)/q+1. The molecular formula is C11H12N7+. The lowest BCUT2D eigenvalue weighted by Crippen LogP contribution is -2.46. The fourth-order valence-corrected chi connectivity index (χ4v) is 1.83. The third kappa shape index (κ3) is 1.77. The minimum absolute atomic E-state index is 0.0738. The Kier molecular flexibility index (Phi) is 2.92. The average molecular weight is 242 g/mol. The van der Waals surface area contributed by atoms with Gasteiger partial charge in [-0.25, -0.2) is 4.98 Å². The van der Waals surface area contributed by atoms with Crippen LogP contribution >= 0.6 is 0 Å². The fourth-order valence-electron chi connectivity index (χ4n) is 1.83. The van der Waals surface area contributed by atoms with Crippen LogP contribution in [0.1, 0.15) is 24.6 Å². The van der Waals surface area contributed by atoms with Gasteiger partial charge in [-0.3, -0.25) is 0 Å². The second kappa shape index (κ2) is 4.40. The van der Waals surface area contributed by atoms with Crippen molar-refractivity contribution >= 4 is 12.2 Å². The van der Waals surface area contributed by atoms with Crippen LogP contribution < -0.4 is 0 Å².